The van der Waals surface area contributed by atoms with Crippen molar-refractivity contribution in [3.63, 3.8) is 0 Å². The lowest BCUT2D eigenvalue weighted by Crippen LogP contribution is -2.28. The van der Waals surface area contributed by atoms with Crippen LogP contribution in [0.1, 0.15) is 26.2 Å². The molecule has 0 rings (SSSR count). The van der Waals surface area contributed by atoms with Crippen molar-refractivity contribution in [2.75, 3.05) is 6.61 Å². The highest BCUT2D eigenvalue weighted by Gasteiger charge is 2.16. The average Bonchev–Trinajstić information content (AvgIpc) is 1.84. The molecule has 0 saturated carbocycles. The summed E-state index contributed by atoms with van der Waals surface area (Å²) < 4.78 is 0. The van der Waals surface area contributed by atoms with Gasteiger partial charge in [-0.1, -0.05) is 19.8 Å². The van der Waals surface area contributed by atoms with Crippen LogP contribution in [0.4, 0.5) is 0 Å². The van der Waals surface area contributed by atoms with Gasteiger partial charge in [0.05, 0.1) is 12.2 Å². The van der Waals surface area contributed by atoms with Gasteiger partial charge in [-0.3, -0.25) is 0 Å². The number of hydrogen-bond donors (Lipinski definition) is 2. The van der Waals surface area contributed by atoms with E-state index in [9.17, 15) is 5.11 Å². The minimum absolute atomic E-state index is 0.160. The maximum Gasteiger partial charge on any atom is 0.0849 e. The molecule has 2 heteroatoms. The Morgan fingerprint density at radius 2 is 2.11 bits per heavy atom. The second-order valence-corrected chi connectivity index (χ2v) is 2.61. The summed E-state index contributed by atoms with van der Waals surface area (Å²) in [6, 6.07) is 0. The lowest BCUT2D eigenvalue weighted by atomic mass is 10.0. The molecule has 9 heavy (non-hydrogen) atoms. The van der Waals surface area contributed by atoms with Crippen molar-refractivity contribution < 1.29 is 10.2 Å². The first-order valence-electron chi connectivity index (χ1n) is 3.25. The smallest absolute Gasteiger partial charge is 0.0849 e. The van der Waals surface area contributed by atoms with E-state index in [1.54, 1.807) is 6.92 Å². The molecular weight excluding hydrogens is 116 g/mol. The fraction of sp³-hybridized carbons (Fsp3) is 0.857. The topological polar surface area (TPSA) is 40.5 Å². The van der Waals surface area contributed by atoms with Crippen LogP contribution in [-0.2, 0) is 0 Å². The Morgan fingerprint density at radius 3 is 2.44 bits per heavy atom. The third-order valence-electron chi connectivity index (χ3n) is 1.31. The summed E-state index contributed by atoms with van der Waals surface area (Å²) in [5, 5.41) is 17.7. The van der Waals surface area contributed by atoms with Gasteiger partial charge in [0.2, 0.25) is 0 Å². The van der Waals surface area contributed by atoms with Crippen LogP contribution in [0.3, 0.4) is 0 Å². The van der Waals surface area contributed by atoms with Crippen molar-refractivity contribution in [1.29, 1.82) is 0 Å². The fourth-order valence-corrected chi connectivity index (χ4v) is 0.585. The van der Waals surface area contributed by atoms with Gasteiger partial charge in [0.15, 0.2) is 0 Å². The quantitative estimate of drug-likeness (QED) is 0.590. The van der Waals surface area contributed by atoms with Gasteiger partial charge in [0.25, 0.3) is 0 Å². The van der Waals surface area contributed by atoms with Gasteiger partial charge in [-0.15, -0.1) is 0 Å². The summed E-state index contributed by atoms with van der Waals surface area (Å²) in [6.45, 7) is 5.10. The molecule has 0 aromatic heterocycles. The minimum atomic E-state index is -0.891. The van der Waals surface area contributed by atoms with Crippen LogP contribution >= 0.6 is 0 Å². The zero-order valence-electron chi connectivity index (χ0n) is 5.93. The predicted molar refractivity (Wildman–Crippen MR) is 36.9 cm³/mol. The molecule has 0 aromatic carbocycles. The number of hydrogen-bond acceptors (Lipinski definition) is 2. The zero-order chi connectivity index (χ0) is 7.33. The van der Waals surface area contributed by atoms with E-state index >= 15 is 0 Å². The van der Waals surface area contributed by atoms with Gasteiger partial charge in [0.1, 0.15) is 0 Å². The summed E-state index contributed by atoms with van der Waals surface area (Å²) in [7, 11) is 0. The molecule has 0 aliphatic rings. The Kier molecular flexibility index (Phi) is 3.82. The van der Waals surface area contributed by atoms with Gasteiger partial charge < -0.3 is 10.2 Å². The molecule has 2 N–H and O–H groups in total. The Bertz CT molecular complexity index is 69.3. The van der Waals surface area contributed by atoms with Gasteiger partial charge in [-0.25, -0.2) is 0 Å². The molecule has 1 radical (unpaired) electrons. The molecular formula is C7H15O2. The maximum absolute atomic E-state index is 9.18. The molecule has 0 aromatic rings. The van der Waals surface area contributed by atoms with Crippen molar-refractivity contribution in [3.05, 3.63) is 6.92 Å². The highest BCUT2D eigenvalue weighted by Crippen LogP contribution is 2.11. The molecule has 0 saturated heterocycles. The lowest BCUT2D eigenvalue weighted by molar-refractivity contribution is -0.00631. The van der Waals surface area contributed by atoms with E-state index in [2.05, 4.69) is 6.92 Å². The Morgan fingerprint density at radius 1 is 1.56 bits per heavy atom. The molecule has 2 nitrogen and oxygen atoms in total. The molecule has 0 aliphatic carbocycles. The van der Waals surface area contributed by atoms with E-state index in [0.717, 1.165) is 12.8 Å². The van der Waals surface area contributed by atoms with Crippen LogP contribution in [0.5, 0.6) is 0 Å². The fourth-order valence-electron chi connectivity index (χ4n) is 0.585. The van der Waals surface area contributed by atoms with Crippen molar-refractivity contribution in [1.82, 2.24) is 0 Å². The van der Waals surface area contributed by atoms with Crippen LogP contribution in [0, 0.1) is 6.92 Å². The molecule has 0 aliphatic heterocycles. The molecule has 1 atom stereocenters. The largest absolute Gasteiger partial charge is 0.393 e. The van der Waals surface area contributed by atoms with Gasteiger partial charge in [-0.05, 0) is 13.3 Å². The molecule has 55 valence electrons. The SMILES string of the molecule is [CH2]CCCC(C)(O)CO. The van der Waals surface area contributed by atoms with Crippen molar-refractivity contribution in [3.8, 4) is 0 Å². The summed E-state index contributed by atoms with van der Waals surface area (Å²) in [6.07, 6.45) is 2.32. The molecule has 0 heterocycles. The lowest BCUT2D eigenvalue weighted by Gasteiger charge is -2.18. The van der Waals surface area contributed by atoms with E-state index in [4.69, 9.17) is 5.11 Å². The highest BCUT2D eigenvalue weighted by atomic mass is 16.3. The molecule has 0 fully saturated rings. The second kappa shape index (κ2) is 3.85. The van der Waals surface area contributed by atoms with E-state index < -0.39 is 5.60 Å². The van der Waals surface area contributed by atoms with Crippen molar-refractivity contribution in [2.45, 2.75) is 31.8 Å². The zero-order valence-corrected chi connectivity index (χ0v) is 5.93. The van der Waals surface area contributed by atoms with Crippen LogP contribution in [0.15, 0.2) is 0 Å². The van der Waals surface area contributed by atoms with Gasteiger partial charge in [0, 0.05) is 0 Å². The Balaban J connectivity index is 3.33. The standard InChI is InChI=1S/C7H15O2/c1-3-4-5-7(2,9)6-8/h8-9H,1,3-6H2,2H3. The highest BCUT2D eigenvalue weighted by molar-refractivity contribution is 4.70. The van der Waals surface area contributed by atoms with Crippen LogP contribution < -0.4 is 0 Å². The van der Waals surface area contributed by atoms with E-state index in [-0.39, 0.29) is 6.61 Å². The van der Waals surface area contributed by atoms with Crippen molar-refractivity contribution >= 4 is 0 Å². The van der Waals surface area contributed by atoms with Gasteiger partial charge in [-0.2, -0.15) is 0 Å². The van der Waals surface area contributed by atoms with Crippen LogP contribution in [-0.4, -0.2) is 22.4 Å². The van der Waals surface area contributed by atoms with E-state index in [0.29, 0.717) is 6.42 Å². The first-order valence-corrected chi connectivity index (χ1v) is 3.25. The monoisotopic (exact) mass is 131 g/mol. The first-order chi connectivity index (χ1) is 4.12. The summed E-state index contributed by atoms with van der Waals surface area (Å²) >= 11 is 0. The Hall–Kier alpha value is -0.0800. The number of aliphatic hydroxyl groups is 2. The van der Waals surface area contributed by atoms with Crippen LogP contribution in [0.2, 0.25) is 0 Å². The maximum atomic E-state index is 9.18. The summed E-state index contributed by atoms with van der Waals surface area (Å²) in [5.41, 5.74) is -0.891. The van der Waals surface area contributed by atoms with Gasteiger partial charge >= 0.3 is 0 Å². The number of aliphatic hydroxyl groups excluding tert-OH is 1. The molecule has 1 unspecified atom stereocenters. The minimum Gasteiger partial charge on any atom is -0.393 e. The second-order valence-electron chi connectivity index (χ2n) is 2.61. The summed E-state index contributed by atoms with van der Waals surface area (Å²) in [5.74, 6) is 0. The van der Waals surface area contributed by atoms with E-state index in [1.807, 2.05) is 0 Å². The molecule has 0 spiro atoms. The Labute approximate surface area is 56.5 Å². The third-order valence-corrected chi connectivity index (χ3v) is 1.31. The molecule has 0 bridgehead atoms. The van der Waals surface area contributed by atoms with Crippen LogP contribution in [0.25, 0.3) is 0 Å². The summed E-state index contributed by atoms with van der Waals surface area (Å²) in [4.78, 5) is 0. The molecule has 0 amide bonds. The van der Waals surface area contributed by atoms with Crippen molar-refractivity contribution in [2.24, 2.45) is 0 Å². The number of rotatable bonds is 4. The first kappa shape index (κ1) is 8.92. The predicted octanol–water partition coefficient (Wildman–Crippen LogP) is 0.734. The average molecular weight is 131 g/mol. The third kappa shape index (κ3) is 4.43. The normalized spacial score (nSPS) is 17.3. The van der Waals surface area contributed by atoms with E-state index in [1.165, 1.54) is 0 Å². The number of unbranched alkanes of at least 4 members (excludes halogenated alkanes) is 1.